The molecule has 1 aliphatic rings. The lowest BCUT2D eigenvalue weighted by atomic mass is 9.87. The van der Waals surface area contributed by atoms with E-state index in [9.17, 15) is 62.7 Å². The van der Waals surface area contributed by atoms with Crippen molar-refractivity contribution in [1.29, 1.82) is 0 Å². The molecule has 0 radical (unpaired) electrons. The largest absolute Gasteiger partial charge is 0.481 e. The van der Waals surface area contributed by atoms with Crippen molar-refractivity contribution in [2.24, 2.45) is 5.41 Å². The summed E-state index contributed by atoms with van der Waals surface area (Å²) in [6.45, 7) is 2.42. The molecule has 0 bridgehead atoms. The van der Waals surface area contributed by atoms with Crippen molar-refractivity contribution >= 4 is 74.9 Å². The van der Waals surface area contributed by atoms with Crippen LogP contribution in [0.1, 0.15) is 104 Å². The molecule has 3 rings (SSSR count). The topological polar surface area (TPSA) is 381 Å². The maximum atomic E-state index is 12.8. The second-order valence-corrected chi connectivity index (χ2v) is 22.7. The number of nitrogens with two attached hydrogens (primary N) is 1. The number of ether oxygens (including phenoxy) is 1. The van der Waals surface area contributed by atoms with Crippen molar-refractivity contribution in [1.82, 2.24) is 30.2 Å². The number of nitrogens with zero attached hydrogens (tertiary/aromatic N) is 4. The molecule has 29 heteroatoms. The first kappa shape index (κ1) is 64.2. The molecule has 0 aromatic carbocycles. The van der Waals surface area contributed by atoms with Gasteiger partial charge in [-0.3, -0.25) is 37.3 Å². The van der Waals surface area contributed by atoms with Crippen molar-refractivity contribution < 1.29 is 85.3 Å². The Hall–Kier alpha value is -4.07. The summed E-state index contributed by atoms with van der Waals surface area (Å²) in [6, 6.07) is 0. The summed E-state index contributed by atoms with van der Waals surface area (Å²) in [5.74, 6) is -1.47. The van der Waals surface area contributed by atoms with E-state index in [0.717, 1.165) is 80.4 Å². The number of phosphoric ester groups is 3. The molecule has 0 spiro atoms. The third-order valence-electron chi connectivity index (χ3n) is 10.6. The zero-order valence-electron chi connectivity index (χ0n) is 41.5. The molecule has 74 heavy (non-hydrogen) atoms. The highest BCUT2D eigenvalue weighted by molar-refractivity contribution is 8.13. The Morgan fingerprint density at radius 2 is 1.47 bits per heavy atom. The number of amides is 2. The number of imidazole rings is 1. The van der Waals surface area contributed by atoms with Gasteiger partial charge in [-0.15, -0.1) is 0 Å². The molecule has 0 aliphatic carbocycles. The number of anilines is 1. The van der Waals surface area contributed by atoms with Gasteiger partial charge in [0.25, 0.3) is 0 Å². The van der Waals surface area contributed by atoms with Crippen molar-refractivity contribution in [2.45, 2.75) is 128 Å². The number of rotatable bonds is 36. The van der Waals surface area contributed by atoms with Crippen LogP contribution in [0.5, 0.6) is 0 Å². The molecule has 2 amide bonds. The molecule has 1 fully saturated rings. The highest BCUT2D eigenvalue weighted by atomic mass is 32.2. The summed E-state index contributed by atoms with van der Waals surface area (Å²) < 4.78 is 62.4. The summed E-state index contributed by atoms with van der Waals surface area (Å²) in [5, 5.41) is 26.2. The van der Waals surface area contributed by atoms with Crippen LogP contribution in [-0.2, 0) is 55.5 Å². The number of unbranched alkanes of at least 4 members (excludes halogenated alkanes) is 3. The molecule has 7 atom stereocenters. The van der Waals surface area contributed by atoms with Gasteiger partial charge in [0.2, 0.25) is 11.8 Å². The second kappa shape index (κ2) is 32.5. The normalized spacial score (nSPS) is 19.8. The van der Waals surface area contributed by atoms with E-state index < -0.39 is 84.6 Å². The van der Waals surface area contributed by atoms with Crippen LogP contribution in [0.25, 0.3) is 11.2 Å². The van der Waals surface area contributed by atoms with E-state index in [1.807, 2.05) is 0 Å². The van der Waals surface area contributed by atoms with E-state index in [1.165, 1.54) is 13.8 Å². The van der Waals surface area contributed by atoms with Crippen molar-refractivity contribution in [2.75, 3.05) is 37.8 Å². The van der Waals surface area contributed by atoms with Crippen molar-refractivity contribution in [3.05, 3.63) is 73.4 Å². The van der Waals surface area contributed by atoms with Gasteiger partial charge < -0.3 is 50.9 Å². The number of hydrogen-bond acceptors (Lipinski definition) is 19. The molecule has 414 valence electrons. The number of ketones is 1. The minimum absolute atomic E-state index is 0.0235. The number of aliphatic hydroxyl groups is 2. The number of allylic oxidation sites excluding steroid dienone is 10. The summed E-state index contributed by atoms with van der Waals surface area (Å²) in [6.07, 6.45) is 22.8. The summed E-state index contributed by atoms with van der Waals surface area (Å²) in [7, 11) is -16.5. The molecule has 0 saturated carbocycles. The van der Waals surface area contributed by atoms with E-state index in [0.29, 0.717) is 12.8 Å². The first-order valence-electron chi connectivity index (χ1n) is 23.8. The average molecular weight is 1120 g/mol. The van der Waals surface area contributed by atoms with Crippen LogP contribution < -0.4 is 16.4 Å². The van der Waals surface area contributed by atoms with Gasteiger partial charge in [0, 0.05) is 37.1 Å². The summed E-state index contributed by atoms with van der Waals surface area (Å²) in [4.78, 5) is 101. The number of phosphoric acid groups is 3. The first-order chi connectivity index (χ1) is 34.9. The van der Waals surface area contributed by atoms with Gasteiger partial charge in [-0.25, -0.2) is 28.6 Å². The second-order valence-electron chi connectivity index (χ2n) is 17.3. The number of carbonyl (C=O) groups is 4. The van der Waals surface area contributed by atoms with Crippen LogP contribution in [0.4, 0.5) is 5.82 Å². The molecular weight excluding hydrogens is 1050 g/mol. The number of aliphatic hydroxyl groups excluding tert-OH is 2. The Labute approximate surface area is 434 Å². The molecule has 2 aromatic rings. The zero-order valence-corrected chi connectivity index (χ0v) is 45.0. The van der Waals surface area contributed by atoms with Crippen molar-refractivity contribution in [3.8, 4) is 0 Å². The standard InChI is InChI=1S/C45H70N7O18P3S/c1-4-5-6-7-8-9-10-11-12-13-14-15-16-17-18-19-20-21-22-23-33(53)28-36(55)74-27-26-47-35(54)24-25-48-43(58)40(57)45(2,3)30-67-73(64,65)70-72(62,63)66-29-34-39(69-71(59,60)61)38(56)44(68-34)52-32-51-37-41(46)49-31-50-42(37)52/h5-6,8-9,11-12,14-15,17-18,31-32,34,38-40,44,56-57H,4,7,10,13,16,19-30H2,1-3H3,(H,47,54)(H,48,58)(H,62,63)(H,64,65)(H2,46,49,50)(H2,59,60,61)/b6-5-,9-8-,12-11-,15-14-,18-17-/t34-,38-,39-,40+,44-/m1/s1. The Kier molecular flexibility index (Phi) is 28.2. The summed E-state index contributed by atoms with van der Waals surface area (Å²) >= 11 is 0.921. The third-order valence-corrected chi connectivity index (χ3v) is 14.6. The van der Waals surface area contributed by atoms with Gasteiger partial charge in [0.05, 0.1) is 26.0 Å². The summed E-state index contributed by atoms with van der Waals surface area (Å²) in [5.41, 5.74) is 4.24. The highest BCUT2D eigenvalue weighted by Gasteiger charge is 2.50. The molecule has 25 nitrogen and oxygen atoms in total. The molecular formula is C45H70N7O18P3S. The maximum Gasteiger partial charge on any atom is 0.481 e. The van der Waals surface area contributed by atoms with E-state index in [1.54, 1.807) is 0 Å². The molecule has 1 saturated heterocycles. The van der Waals surface area contributed by atoms with E-state index in [4.69, 9.17) is 19.5 Å². The van der Waals surface area contributed by atoms with Gasteiger partial charge >= 0.3 is 23.5 Å². The van der Waals surface area contributed by atoms with Crippen LogP contribution >= 0.6 is 35.2 Å². The van der Waals surface area contributed by atoms with Crippen LogP contribution in [0, 0.1) is 5.41 Å². The number of carbonyl (C=O) groups excluding carboxylic acids is 4. The van der Waals surface area contributed by atoms with E-state index >= 15 is 0 Å². The minimum atomic E-state index is -5.60. The fraction of sp³-hybridized carbons (Fsp3) is 0.578. The van der Waals surface area contributed by atoms with E-state index in [-0.39, 0.29) is 59.6 Å². The number of thioether (sulfide) groups is 1. The zero-order chi connectivity index (χ0) is 54.8. The van der Waals surface area contributed by atoms with Gasteiger partial charge in [0.1, 0.15) is 42.0 Å². The Morgan fingerprint density at radius 3 is 2.11 bits per heavy atom. The highest BCUT2D eigenvalue weighted by Crippen LogP contribution is 2.61. The molecule has 3 heterocycles. The van der Waals surface area contributed by atoms with Crippen molar-refractivity contribution in [3.63, 3.8) is 0 Å². The fourth-order valence-electron chi connectivity index (χ4n) is 6.73. The molecule has 2 unspecified atom stereocenters. The Balaban J connectivity index is 1.27. The number of hydrogen-bond donors (Lipinski definition) is 9. The van der Waals surface area contributed by atoms with Gasteiger partial charge in [-0.1, -0.05) is 99.7 Å². The lowest BCUT2D eigenvalue weighted by molar-refractivity contribution is -0.137. The van der Waals surface area contributed by atoms with Crippen LogP contribution in [-0.4, -0.2) is 128 Å². The number of nitrogens with one attached hydrogen (secondary N) is 2. The number of Topliss-reactive ketones (excluding diaryl/α,β-unsaturated/α-hetero) is 1. The van der Waals surface area contributed by atoms with Crippen LogP contribution in [0.15, 0.2) is 73.4 Å². The van der Waals surface area contributed by atoms with E-state index in [2.05, 4.69) is 102 Å². The lowest BCUT2D eigenvalue weighted by Gasteiger charge is -2.30. The first-order valence-corrected chi connectivity index (χ1v) is 29.3. The quantitative estimate of drug-likeness (QED) is 0.0180. The SMILES string of the molecule is CC/C=C\C/C=C\C/C=C\C/C=C\C/C=C\CCCCCC(=O)CC(=O)SCCNC(=O)CCNC(=O)[C@H](O)C(C)(C)COP(=O)(O)OP(=O)(O)OC[C@H]1O[C@@H](n2cnc3c(N)ncnc32)[C@H](O)[C@@H]1OP(=O)(O)O. The predicted octanol–water partition coefficient (Wildman–Crippen LogP) is 5.33. The molecule has 10 N–H and O–H groups in total. The fourth-order valence-corrected chi connectivity index (χ4v) is 10.2. The van der Waals surface area contributed by atoms with Gasteiger partial charge in [-0.2, -0.15) is 4.31 Å². The smallest absolute Gasteiger partial charge is 0.386 e. The Bertz CT molecular complexity index is 2430. The number of nitrogen functional groups attached to an aromatic ring is 1. The molecule has 1 aliphatic heterocycles. The van der Waals surface area contributed by atoms with Crippen LogP contribution in [0.3, 0.4) is 0 Å². The van der Waals surface area contributed by atoms with Gasteiger partial charge in [0.15, 0.2) is 22.8 Å². The number of fused-ring (bicyclic) bond motifs is 1. The predicted molar refractivity (Wildman–Crippen MR) is 274 cm³/mol. The Morgan fingerprint density at radius 1 is 0.851 bits per heavy atom. The average Bonchev–Trinajstić information content (AvgIpc) is 3.89. The van der Waals surface area contributed by atoms with Crippen LogP contribution in [0.2, 0.25) is 0 Å². The molecule has 2 aromatic heterocycles. The van der Waals surface area contributed by atoms with Gasteiger partial charge in [-0.05, 0) is 51.4 Å². The lowest BCUT2D eigenvalue weighted by Crippen LogP contribution is -2.46. The third kappa shape index (κ3) is 24.7. The number of aromatic nitrogens is 4. The maximum absolute atomic E-state index is 12.8. The minimum Gasteiger partial charge on any atom is -0.386 e. The monoisotopic (exact) mass is 1120 g/mol.